The van der Waals surface area contributed by atoms with Crippen LogP contribution in [0, 0.1) is 0 Å². The predicted molar refractivity (Wildman–Crippen MR) is 104 cm³/mol. The molecule has 134 valence electrons. The first-order valence-electron chi connectivity index (χ1n) is 9.26. The molecule has 3 rings (SSSR count). The zero-order valence-corrected chi connectivity index (χ0v) is 15.6. The number of phenols is 1. The van der Waals surface area contributed by atoms with Gasteiger partial charge in [-0.15, -0.1) is 0 Å². The standard InChI is InChI=1S/C12H17N.C10H12O2/c1-3-13(4-2)8-7-10-5-6-11-9-12(10)11;1-2-3-10(12)8-4-6-9(11)7-5-8/h5-6,9H,3-4,7-8H2,1-2H3;4-7,11H,2-3H2,1H3. The van der Waals surface area contributed by atoms with Gasteiger partial charge in [-0.1, -0.05) is 32.9 Å². The fourth-order valence-electron chi connectivity index (χ4n) is 2.87. The van der Waals surface area contributed by atoms with Crippen LogP contribution in [0.4, 0.5) is 0 Å². The van der Waals surface area contributed by atoms with Gasteiger partial charge in [0.05, 0.1) is 0 Å². The zero-order chi connectivity index (χ0) is 18.2. The lowest BCUT2D eigenvalue weighted by atomic mass is 10.1. The number of benzene rings is 2. The molecule has 0 saturated carbocycles. The number of phenolic OH excluding ortho intramolecular Hbond substituents is 1. The average molecular weight is 339 g/mol. The molecule has 0 bridgehead atoms. The molecule has 0 atom stereocenters. The van der Waals surface area contributed by atoms with Crippen LogP contribution in [0.15, 0.2) is 42.5 Å². The lowest BCUT2D eigenvalue weighted by molar-refractivity contribution is 0.0981. The van der Waals surface area contributed by atoms with Gasteiger partial charge in [-0.3, -0.25) is 4.79 Å². The van der Waals surface area contributed by atoms with Gasteiger partial charge < -0.3 is 10.0 Å². The van der Waals surface area contributed by atoms with Gasteiger partial charge in [0.25, 0.3) is 0 Å². The summed E-state index contributed by atoms with van der Waals surface area (Å²) in [4.78, 5) is 13.7. The van der Waals surface area contributed by atoms with Crippen molar-refractivity contribution in [3.8, 4) is 16.9 Å². The number of nitrogens with zero attached hydrogens (tertiary/aromatic N) is 1. The third-order valence-electron chi connectivity index (χ3n) is 4.60. The molecule has 1 aromatic rings. The van der Waals surface area contributed by atoms with Crippen LogP contribution < -0.4 is 0 Å². The maximum absolute atomic E-state index is 11.3. The molecular weight excluding hydrogens is 310 g/mol. The van der Waals surface area contributed by atoms with Crippen molar-refractivity contribution in [2.75, 3.05) is 19.6 Å². The van der Waals surface area contributed by atoms with Crippen molar-refractivity contribution in [2.45, 2.75) is 40.0 Å². The monoisotopic (exact) mass is 339 g/mol. The van der Waals surface area contributed by atoms with E-state index < -0.39 is 0 Å². The number of hydrogen-bond donors (Lipinski definition) is 1. The van der Waals surface area contributed by atoms with Crippen molar-refractivity contribution >= 4 is 5.78 Å². The number of likely N-dealkylation sites (N-methyl/N-ethyl adjacent to an activating group) is 1. The molecule has 0 saturated heterocycles. The summed E-state index contributed by atoms with van der Waals surface area (Å²) >= 11 is 0. The Morgan fingerprint density at radius 2 is 1.68 bits per heavy atom. The second kappa shape index (κ2) is 9.38. The van der Waals surface area contributed by atoms with Gasteiger partial charge in [0.2, 0.25) is 0 Å². The molecule has 25 heavy (non-hydrogen) atoms. The number of carbonyl (C=O) groups is 1. The quantitative estimate of drug-likeness (QED) is 0.592. The minimum Gasteiger partial charge on any atom is -0.508 e. The molecule has 2 aliphatic rings. The Morgan fingerprint density at radius 3 is 2.16 bits per heavy atom. The van der Waals surface area contributed by atoms with Crippen LogP contribution in [-0.2, 0) is 6.42 Å². The Hall–Kier alpha value is -2.13. The molecular formula is C22H29NO2. The van der Waals surface area contributed by atoms with Crippen LogP contribution in [0.3, 0.4) is 0 Å². The topological polar surface area (TPSA) is 40.5 Å². The number of ketones is 1. The molecule has 0 fully saturated rings. The minimum absolute atomic E-state index is 0.137. The van der Waals surface area contributed by atoms with E-state index in [2.05, 4.69) is 36.9 Å². The van der Waals surface area contributed by atoms with Crippen molar-refractivity contribution in [1.82, 2.24) is 4.90 Å². The first-order valence-corrected chi connectivity index (χ1v) is 9.26. The molecule has 0 radical (unpaired) electrons. The summed E-state index contributed by atoms with van der Waals surface area (Å²) in [5.41, 5.74) is 5.21. The summed E-state index contributed by atoms with van der Waals surface area (Å²) in [5.74, 6) is 0.334. The number of carbonyl (C=O) groups excluding carboxylic acids is 1. The molecule has 1 aromatic carbocycles. The number of hydrogen-bond acceptors (Lipinski definition) is 3. The minimum atomic E-state index is 0.137. The van der Waals surface area contributed by atoms with Gasteiger partial charge in [0.15, 0.2) is 5.78 Å². The Labute approximate surface area is 151 Å². The molecule has 1 N–H and O–H groups in total. The van der Waals surface area contributed by atoms with E-state index in [1.807, 2.05) is 6.92 Å². The van der Waals surface area contributed by atoms with E-state index in [4.69, 9.17) is 5.11 Å². The molecule has 0 aromatic heterocycles. The van der Waals surface area contributed by atoms with Crippen molar-refractivity contribution < 1.29 is 9.90 Å². The van der Waals surface area contributed by atoms with Crippen molar-refractivity contribution in [2.24, 2.45) is 0 Å². The summed E-state index contributed by atoms with van der Waals surface area (Å²) in [7, 11) is 0. The van der Waals surface area contributed by atoms with E-state index in [9.17, 15) is 4.79 Å². The number of aromatic hydroxyl groups is 1. The van der Waals surface area contributed by atoms with Crippen molar-refractivity contribution in [1.29, 1.82) is 0 Å². The first kappa shape index (κ1) is 19.2. The van der Waals surface area contributed by atoms with E-state index in [1.165, 1.54) is 49.3 Å². The van der Waals surface area contributed by atoms with Gasteiger partial charge in [0.1, 0.15) is 5.75 Å². The van der Waals surface area contributed by atoms with Gasteiger partial charge in [-0.2, -0.15) is 0 Å². The van der Waals surface area contributed by atoms with Crippen LogP contribution in [0.1, 0.15) is 49.5 Å². The van der Waals surface area contributed by atoms with E-state index >= 15 is 0 Å². The third kappa shape index (κ3) is 5.71. The summed E-state index contributed by atoms with van der Waals surface area (Å²) < 4.78 is 0. The maximum Gasteiger partial charge on any atom is 0.162 e. The maximum atomic E-state index is 11.3. The zero-order valence-electron chi connectivity index (χ0n) is 15.6. The highest BCUT2D eigenvalue weighted by Crippen LogP contribution is 2.38. The van der Waals surface area contributed by atoms with Crippen LogP contribution in [0.5, 0.6) is 5.75 Å². The average Bonchev–Trinajstić information content (AvgIpc) is 3.30. The SMILES string of the molecule is CCCC(=O)c1ccc(O)cc1.CCN(CC)CCc1ccc2cc1-2. The van der Waals surface area contributed by atoms with E-state index in [1.54, 1.807) is 17.7 Å². The Balaban J connectivity index is 0.000000181. The third-order valence-corrected chi connectivity index (χ3v) is 4.60. The molecule has 0 amide bonds. The fraction of sp³-hybridized carbons (Fsp3) is 0.409. The Bertz CT molecular complexity index is 688. The first-order chi connectivity index (χ1) is 12.1. The van der Waals surface area contributed by atoms with Crippen molar-refractivity contribution in [3.63, 3.8) is 0 Å². The van der Waals surface area contributed by atoms with Gasteiger partial charge >= 0.3 is 0 Å². The van der Waals surface area contributed by atoms with Crippen LogP contribution in [-0.4, -0.2) is 35.4 Å². The number of rotatable bonds is 8. The smallest absolute Gasteiger partial charge is 0.162 e. The molecule has 2 aliphatic carbocycles. The highest BCUT2D eigenvalue weighted by Gasteiger charge is 2.16. The second-order valence-electron chi connectivity index (χ2n) is 6.37. The van der Waals surface area contributed by atoms with Gasteiger partial charge in [0, 0.05) is 18.5 Å². The van der Waals surface area contributed by atoms with Crippen LogP contribution >= 0.6 is 0 Å². The number of Topliss-reactive ketones (excluding diaryl/α,β-unsaturated/α-hetero) is 1. The number of fused-ring (bicyclic) bond motifs is 1. The predicted octanol–water partition coefficient (Wildman–Crippen LogP) is 4.93. The van der Waals surface area contributed by atoms with Gasteiger partial charge in [-0.25, -0.2) is 0 Å². The Kier molecular flexibility index (Phi) is 7.20. The van der Waals surface area contributed by atoms with Gasteiger partial charge in [-0.05, 0) is 73.0 Å². The fourth-order valence-corrected chi connectivity index (χ4v) is 2.87. The van der Waals surface area contributed by atoms with E-state index in [0.717, 1.165) is 6.42 Å². The Morgan fingerprint density at radius 1 is 1.00 bits per heavy atom. The second-order valence-corrected chi connectivity index (χ2v) is 6.37. The summed E-state index contributed by atoms with van der Waals surface area (Å²) in [6.07, 6.45) is 2.65. The largest absolute Gasteiger partial charge is 0.508 e. The highest BCUT2D eigenvalue weighted by molar-refractivity contribution is 5.96. The molecule has 0 spiro atoms. The molecule has 3 heteroatoms. The summed E-state index contributed by atoms with van der Waals surface area (Å²) in [5, 5.41) is 8.96. The molecule has 0 aliphatic heterocycles. The highest BCUT2D eigenvalue weighted by atomic mass is 16.3. The lowest BCUT2D eigenvalue weighted by Gasteiger charge is -2.17. The van der Waals surface area contributed by atoms with E-state index in [0.29, 0.717) is 12.0 Å². The summed E-state index contributed by atoms with van der Waals surface area (Å²) in [6, 6.07) is 13.1. The summed E-state index contributed by atoms with van der Waals surface area (Å²) in [6.45, 7) is 9.97. The molecule has 0 heterocycles. The van der Waals surface area contributed by atoms with Crippen molar-refractivity contribution in [3.05, 3.63) is 53.6 Å². The lowest BCUT2D eigenvalue weighted by Crippen LogP contribution is -2.25. The molecule has 3 nitrogen and oxygen atoms in total. The van der Waals surface area contributed by atoms with Crippen LogP contribution in [0.2, 0.25) is 0 Å². The normalized spacial score (nSPS) is 11.0. The van der Waals surface area contributed by atoms with E-state index in [-0.39, 0.29) is 11.5 Å². The van der Waals surface area contributed by atoms with Crippen LogP contribution in [0.25, 0.3) is 11.1 Å². The molecule has 0 unspecified atom stereocenters.